The van der Waals surface area contributed by atoms with Crippen LogP contribution in [0.2, 0.25) is 0 Å². The Bertz CT molecular complexity index is 165. The minimum atomic E-state index is 0.421. The lowest BCUT2D eigenvalue weighted by atomic mass is 9.75. The van der Waals surface area contributed by atoms with E-state index in [0.29, 0.717) is 17.6 Å². The molecule has 1 aliphatic carbocycles. The van der Waals surface area contributed by atoms with Gasteiger partial charge in [0.25, 0.3) is 0 Å². The van der Waals surface area contributed by atoms with Crippen LogP contribution >= 0.6 is 0 Å². The molecule has 1 saturated heterocycles. The van der Waals surface area contributed by atoms with E-state index in [2.05, 4.69) is 5.32 Å². The number of piperidine rings is 1. The average Bonchev–Trinajstić information content (AvgIpc) is 2.06. The molecule has 2 nitrogen and oxygen atoms in total. The molecule has 1 N–H and O–H groups in total. The van der Waals surface area contributed by atoms with Crippen LogP contribution in [0, 0.1) is 11.8 Å². The van der Waals surface area contributed by atoms with Crippen molar-refractivity contribution in [1.82, 2.24) is 5.32 Å². The molecular formula is C9H15NO. The van der Waals surface area contributed by atoms with Crippen molar-refractivity contribution in [3.05, 3.63) is 0 Å². The molecule has 62 valence electrons. The highest BCUT2D eigenvalue weighted by Crippen LogP contribution is 2.30. The summed E-state index contributed by atoms with van der Waals surface area (Å²) in [7, 11) is 0. The van der Waals surface area contributed by atoms with E-state index in [1.807, 2.05) is 0 Å². The zero-order chi connectivity index (χ0) is 7.68. The molecule has 0 aromatic rings. The van der Waals surface area contributed by atoms with Gasteiger partial charge in [0.05, 0.1) is 0 Å². The second-order valence-electron chi connectivity index (χ2n) is 3.72. The number of carbonyl (C=O) groups is 1. The fourth-order valence-corrected chi connectivity index (χ4v) is 2.37. The van der Waals surface area contributed by atoms with Crippen molar-refractivity contribution in [1.29, 1.82) is 0 Å². The molecule has 0 spiro atoms. The van der Waals surface area contributed by atoms with Crippen molar-refractivity contribution < 1.29 is 4.79 Å². The molecule has 0 aromatic carbocycles. The Balaban J connectivity index is 2.05. The maximum atomic E-state index is 11.4. The van der Waals surface area contributed by atoms with E-state index < -0.39 is 0 Å². The summed E-state index contributed by atoms with van der Waals surface area (Å²) in [5, 5.41) is 3.35. The first-order valence-corrected chi connectivity index (χ1v) is 4.61. The molecule has 1 aliphatic heterocycles. The number of hydrogen-bond acceptors (Lipinski definition) is 2. The van der Waals surface area contributed by atoms with Crippen LogP contribution in [0.4, 0.5) is 0 Å². The molecule has 2 fully saturated rings. The van der Waals surface area contributed by atoms with Gasteiger partial charge in [0.2, 0.25) is 0 Å². The lowest BCUT2D eigenvalue weighted by molar-refractivity contribution is -0.127. The Morgan fingerprint density at radius 3 is 3.09 bits per heavy atom. The molecular weight excluding hydrogens is 138 g/mol. The van der Waals surface area contributed by atoms with Gasteiger partial charge in [-0.25, -0.2) is 0 Å². The van der Waals surface area contributed by atoms with E-state index in [4.69, 9.17) is 0 Å². The molecule has 1 saturated carbocycles. The number of ketones is 1. The van der Waals surface area contributed by atoms with Crippen LogP contribution in [0.1, 0.15) is 25.7 Å². The normalized spacial score (nSPS) is 38.4. The van der Waals surface area contributed by atoms with Gasteiger partial charge in [-0.2, -0.15) is 0 Å². The number of rotatable bonds is 0. The molecule has 2 aliphatic rings. The van der Waals surface area contributed by atoms with Gasteiger partial charge in [-0.1, -0.05) is 0 Å². The zero-order valence-corrected chi connectivity index (χ0v) is 6.81. The van der Waals surface area contributed by atoms with Gasteiger partial charge in [-0.15, -0.1) is 0 Å². The zero-order valence-electron chi connectivity index (χ0n) is 6.81. The highest BCUT2D eigenvalue weighted by Gasteiger charge is 2.32. The second kappa shape index (κ2) is 2.94. The van der Waals surface area contributed by atoms with Crippen LogP contribution in [-0.4, -0.2) is 18.9 Å². The van der Waals surface area contributed by atoms with Gasteiger partial charge in [0.15, 0.2) is 0 Å². The molecule has 0 aromatic heterocycles. The Morgan fingerprint density at radius 1 is 1.36 bits per heavy atom. The van der Waals surface area contributed by atoms with E-state index in [0.717, 1.165) is 32.4 Å². The van der Waals surface area contributed by atoms with E-state index in [1.165, 1.54) is 6.42 Å². The predicted octanol–water partition coefficient (Wildman–Crippen LogP) is 0.965. The van der Waals surface area contributed by atoms with Crippen molar-refractivity contribution in [2.45, 2.75) is 25.7 Å². The summed E-state index contributed by atoms with van der Waals surface area (Å²) < 4.78 is 0. The third kappa shape index (κ3) is 1.32. The van der Waals surface area contributed by atoms with Crippen LogP contribution in [-0.2, 0) is 4.79 Å². The summed E-state index contributed by atoms with van der Waals surface area (Å²) in [6, 6.07) is 0. The van der Waals surface area contributed by atoms with E-state index in [9.17, 15) is 4.79 Å². The average molecular weight is 153 g/mol. The molecule has 0 unspecified atom stereocenters. The van der Waals surface area contributed by atoms with Crippen molar-refractivity contribution in [3.63, 3.8) is 0 Å². The van der Waals surface area contributed by atoms with Crippen LogP contribution in [0.3, 0.4) is 0 Å². The molecule has 2 atom stereocenters. The second-order valence-corrected chi connectivity index (χ2v) is 3.72. The first-order chi connectivity index (χ1) is 5.38. The van der Waals surface area contributed by atoms with Crippen LogP contribution in [0.5, 0.6) is 0 Å². The Kier molecular flexibility index (Phi) is 1.95. The number of carbonyl (C=O) groups excluding carboxylic acids is 1. The molecule has 11 heavy (non-hydrogen) atoms. The Hall–Kier alpha value is -0.370. The van der Waals surface area contributed by atoms with E-state index in [-0.39, 0.29) is 0 Å². The summed E-state index contributed by atoms with van der Waals surface area (Å²) >= 11 is 0. The summed E-state index contributed by atoms with van der Waals surface area (Å²) in [6.45, 7) is 2.13. The summed E-state index contributed by atoms with van der Waals surface area (Å²) in [4.78, 5) is 11.4. The predicted molar refractivity (Wildman–Crippen MR) is 43.3 cm³/mol. The SMILES string of the molecule is O=C1CCC[C@@H]2CNCC[C@@H]12. The van der Waals surface area contributed by atoms with Crippen LogP contribution < -0.4 is 5.32 Å². The minimum Gasteiger partial charge on any atom is -0.316 e. The largest absolute Gasteiger partial charge is 0.316 e. The van der Waals surface area contributed by atoms with Crippen molar-refractivity contribution in [3.8, 4) is 0 Å². The van der Waals surface area contributed by atoms with Gasteiger partial charge < -0.3 is 5.32 Å². The Labute approximate surface area is 67.4 Å². The first-order valence-electron chi connectivity index (χ1n) is 4.61. The van der Waals surface area contributed by atoms with Crippen molar-refractivity contribution >= 4 is 5.78 Å². The standard InChI is InChI=1S/C9H15NO/c11-9-3-1-2-7-6-10-5-4-8(7)9/h7-8,10H,1-6H2/t7-,8-/m1/s1. The third-order valence-electron chi connectivity index (χ3n) is 3.02. The molecule has 0 radical (unpaired) electrons. The van der Waals surface area contributed by atoms with E-state index in [1.54, 1.807) is 0 Å². The number of hydrogen-bond donors (Lipinski definition) is 1. The summed E-state index contributed by atoms with van der Waals surface area (Å²) in [6.07, 6.45) is 4.33. The van der Waals surface area contributed by atoms with Gasteiger partial charge in [-0.05, 0) is 38.3 Å². The van der Waals surface area contributed by atoms with Crippen LogP contribution in [0.15, 0.2) is 0 Å². The van der Waals surface area contributed by atoms with Crippen LogP contribution in [0.25, 0.3) is 0 Å². The van der Waals surface area contributed by atoms with Gasteiger partial charge >= 0.3 is 0 Å². The monoisotopic (exact) mass is 153 g/mol. The fourth-order valence-electron chi connectivity index (χ4n) is 2.37. The topological polar surface area (TPSA) is 29.1 Å². The highest BCUT2D eigenvalue weighted by molar-refractivity contribution is 5.82. The van der Waals surface area contributed by atoms with Gasteiger partial charge in [-0.3, -0.25) is 4.79 Å². The molecule has 1 heterocycles. The molecule has 0 bridgehead atoms. The highest BCUT2D eigenvalue weighted by atomic mass is 16.1. The number of fused-ring (bicyclic) bond motifs is 1. The Morgan fingerprint density at radius 2 is 2.27 bits per heavy atom. The molecule has 2 heteroatoms. The minimum absolute atomic E-state index is 0.421. The fraction of sp³-hybridized carbons (Fsp3) is 0.889. The lowest BCUT2D eigenvalue weighted by Crippen LogP contribution is -2.42. The maximum Gasteiger partial charge on any atom is 0.136 e. The molecule has 0 amide bonds. The summed E-state index contributed by atoms with van der Waals surface area (Å²) in [5.41, 5.74) is 0. The van der Waals surface area contributed by atoms with Gasteiger partial charge in [0.1, 0.15) is 5.78 Å². The lowest BCUT2D eigenvalue weighted by Gasteiger charge is -2.34. The van der Waals surface area contributed by atoms with Crippen molar-refractivity contribution in [2.75, 3.05) is 13.1 Å². The third-order valence-corrected chi connectivity index (χ3v) is 3.02. The first kappa shape index (κ1) is 7.29. The van der Waals surface area contributed by atoms with Crippen molar-refractivity contribution in [2.24, 2.45) is 11.8 Å². The van der Waals surface area contributed by atoms with E-state index >= 15 is 0 Å². The summed E-state index contributed by atoms with van der Waals surface area (Å²) in [5.74, 6) is 1.62. The smallest absolute Gasteiger partial charge is 0.136 e. The van der Waals surface area contributed by atoms with Gasteiger partial charge in [0, 0.05) is 12.3 Å². The number of nitrogens with one attached hydrogen (secondary N) is 1. The maximum absolute atomic E-state index is 11.4. The number of Topliss-reactive ketones (excluding diaryl/α,β-unsaturated/α-hetero) is 1. The quantitative estimate of drug-likeness (QED) is 0.561. The molecule has 2 rings (SSSR count).